The number of anilines is 1. The number of hydrogen-bond acceptors (Lipinski definition) is 6. The lowest BCUT2D eigenvalue weighted by atomic mass is 9.90. The van der Waals surface area contributed by atoms with Crippen molar-refractivity contribution < 1.29 is 13.4 Å². The minimum Gasteiger partial charge on any atom is -0.339 e. The molecule has 2 atom stereocenters. The van der Waals surface area contributed by atoms with Gasteiger partial charge in [-0.2, -0.15) is 4.36 Å². The van der Waals surface area contributed by atoms with E-state index in [4.69, 9.17) is 5.14 Å². The Balaban J connectivity index is 2.17. The van der Waals surface area contributed by atoms with Gasteiger partial charge in [-0.05, 0) is 43.0 Å². The molecular weight excluding hydrogens is 399 g/mol. The zero-order valence-corrected chi connectivity index (χ0v) is 18.0. The van der Waals surface area contributed by atoms with Crippen LogP contribution < -0.4 is 10.5 Å². The molecule has 0 amide bonds. The SMILES string of the molecule is Cc1nc(C)c(S(N)(=O)=NC2=CC(=O)C(C)c3cc(F)cc(C(C)C)c3N2)s1. The minimum absolute atomic E-state index is 0.00669. The van der Waals surface area contributed by atoms with E-state index in [9.17, 15) is 13.4 Å². The third kappa shape index (κ3) is 3.87. The van der Waals surface area contributed by atoms with Crippen LogP contribution in [0.3, 0.4) is 0 Å². The maximum atomic E-state index is 14.1. The van der Waals surface area contributed by atoms with Crippen molar-refractivity contribution in [3.05, 3.63) is 51.7 Å². The first kappa shape index (κ1) is 20.6. The van der Waals surface area contributed by atoms with Gasteiger partial charge < -0.3 is 5.32 Å². The van der Waals surface area contributed by atoms with Crippen molar-refractivity contribution in [2.45, 2.75) is 50.7 Å². The lowest BCUT2D eigenvalue weighted by Crippen LogP contribution is -2.14. The van der Waals surface area contributed by atoms with Crippen molar-refractivity contribution >= 4 is 32.7 Å². The maximum absolute atomic E-state index is 14.1. The molecule has 0 aliphatic carbocycles. The number of carbonyl (C=O) groups excluding carboxylic acids is 1. The highest BCUT2D eigenvalue weighted by atomic mass is 32.2. The number of aryl methyl sites for hydroxylation is 2. The molecule has 3 rings (SSSR count). The molecule has 0 radical (unpaired) electrons. The van der Waals surface area contributed by atoms with Crippen LogP contribution in [0, 0.1) is 19.7 Å². The number of nitrogens with zero attached hydrogens (tertiary/aromatic N) is 2. The molecule has 1 aliphatic rings. The highest BCUT2D eigenvalue weighted by Crippen LogP contribution is 2.37. The highest BCUT2D eigenvalue weighted by Gasteiger charge is 2.26. The second-order valence-corrected chi connectivity index (χ2v) is 10.3. The number of carbonyl (C=O) groups is 1. The summed E-state index contributed by atoms with van der Waals surface area (Å²) in [7, 11) is -3.30. The molecule has 0 saturated heterocycles. The van der Waals surface area contributed by atoms with Gasteiger partial charge in [0.15, 0.2) is 15.7 Å². The van der Waals surface area contributed by atoms with E-state index >= 15 is 0 Å². The summed E-state index contributed by atoms with van der Waals surface area (Å²) in [4.78, 5) is 16.9. The lowest BCUT2D eigenvalue weighted by Gasteiger charge is -2.19. The Kier molecular flexibility index (Phi) is 5.44. The van der Waals surface area contributed by atoms with Gasteiger partial charge in [-0.3, -0.25) is 4.79 Å². The van der Waals surface area contributed by atoms with Gasteiger partial charge in [0.2, 0.25) is 0 Å². The quantitative estimate of drug-likeness (QED) is 0.768. The van der Waals surface area contributed by atoms with Crippen LogP contribution in [0.25, 0.3) is 0 Å². The van der Waals surface area contributed by atoms with Gasteiger partial charge in [-0.25, -0.2) is 18.7 Å². The van der Waals surface area contributed by atoms with Crippen molar-refractivity contribution in [1.82, 2.24) is 4.98 Å². The standard InChI is InChI=1S/C19H23FN4O2S2/c1-9(2)14-6-13(20)7-15-10(3)16(25)8-17(23-18(14)15)24-28(21,26)19-11(4)22-12(5)27-19/h6-10,23H,1-5H3,(H2,21,24,26). The van der Waals surface area contributed by atoms with E-state index in [1.54, 1.807) is 20.8 Å². The van der Waals surface area contributed by atoms with Crippen molar-refractivity contribution in [3.63, 3.8) is 0 Å². The Morgan fingerprint density at radius 1 is 1.36 bits per heavy atom. The molecule has 0 saturated carbocycles. The summed E-state index contributed by atoms with van der Waals surface area (Å²) in [5.74, 6) is -1.13. The lowest BCUT2D eigenvalue weighted by molar-refractivity contribution is -0.115. The van der Waals surface area contributed by atoms with E-state index in [1.807, 2.05) is 13.8 Å². The van der Waals surface area contributed by atoms with Crippen molar-refractivity contribution in [1.29, 1.82) is 0 Å². The Bertz CT molecular complexity index is 1110. The number of nitrogens with one attached hydrogen (secondary N) is 1. The molecule has 1 aromatic carbocycles. The number of thiazole rings is 1. The molecule has 2 unspecified atom stereocenters. The Hall–Kier alpha value is -2.10. The summed E-state index contributed by atoms with van der Waals surface area (Å²) >= 11 is 1.22. The summed E-state index contributed by atoms with van der Waals surface area (Å²) in [6, 6.07) is 2.79. The fourth-order valence-corrected chi connectivity index (χ4v) is 5.73. The topological polar surface area (TPSA) is 97.4 Å². The number of fused-ring (bicyclic) bond motifs is 1. The fraction of sp³-hybridized carbons (Fsp3) is 0.368. The van der Waals surface area contributed by atoms with Gasteiger partial charge in [0.1, 0.15) is 15.8 Å². The van der Waals surface area contributed by atoms with Gasteiger partial charge in [-0.1, -0.05) is 20.8 Å². The van der Waals surface area contributed by atoms with Crippen LogP contribution in [0.2, 0.25) is 0 Å². The molecular formula is C19H23FN4O2S2. The molecule has 9 heteroatoms. The second-order valence-electron chi connectivity index (χ2n) is 7.16. The third-order valence-corrected chi connectivity index (χ3v) is 7.70. The predicted octanol–water partition coefficient (Wildman–Crippen LogP) is 4.36. The van der Waals surface area contributed by atoms with Crippen LogP contribution in [-0.4, -0.2) is 15.0 Å². The Labute approximate surface area is 168 Å². The first-order valence-corrected chi connectivity index (χ1v) is 11.2. The third-order valence-electron chi connectivity index (χ3n) is 4.57. The van der Waals surface area contributed by atoms with E-state index in [-0.39, 0.29) is 17.5 Å². The molecule has 2 heterocycles. The molecule has 0 spiro atoms. The minimum atomic E-state index is -3.30. The number of ketones is 1. The van der Waals surface area contributed by atoms with Crippen LogP contribution in [0.15, 0.2) is 32.6 Å². The smallest absolute Gasteiger partial charge is 0.166 e. The number of hydrogen-bond donors (Lipinski definition) is 2. The molecule has 0 bridgehead atoms. The number of aromatic nitrogens is 1. The van der Waals surface area contributed by atoms with Gasteiger partial charge in [0.25, 0.3) is 0 Å². The zero-order valence-electron chi connectivity index (χ0n) is 16.4. The largest absolute Gasteiger partial charge is 0.339 e. The van der Waals surface area contributed by atoms with Gasteiger partial charge in [-0.15, -0.1) is 11.3 Å². The summed E-state index contributed by atoms with van der Waals surface area (Å²) in [6.07, 6.45) is 1.28. The van der Waals surface area contributed by atoms with Gasteiger partial charge in [0, 0.05) is 17.7 Å². The Morgan fingerprint density at radius 3 is 2.61 bits per heavy atom. The normalized spacial score (nSPS) is 18.8. The number of nitrogens with two attached hydrogens (primary N) is 1. The molecule has 0 fully saturated rings. The summed E-state index contributed by atoms with van der Waals surface area (Å²) in [5, 5.41) is 9.85. The first-order chi connectivity index (χ1) is 13.0. The number of benzene rings is 1. The van der Waals surface area contributed by atoms with Crippen molar-refractivity contribution in [2.75, 3.05) is 5.32 Å². The molecule has 1 aliphatic heterocycles. The van der Waals surface area contributed by atoms with Crippen LogP contribution in [0.1, 0.15) is 54.4 Å². The van der Waals surface area contributed by atoms with Crippen molar-refractivity contribution in [2.24, 2.45) is 9.50 Å². The van der Waals surface area contributed by atoms with Gasteiger partial charge >= 0.3 is 0 Å². The average Bonchev–Trinajstić information content (AvgIpc) is 2.88. The molecule has 3 N–H and O–H groups in total. The van der Waals surface area contributed by atoms with Crippen molar-refractivity contribution in [3.8, 4) is 0 Å². The first-order valence-electron chi connectivity index (χ1n) is 8.84. The van der Waals surface area contributed by atoms with Crippen LogP contribution in [-0.2, 0) is 14.7 Å². The fourth-order valence-electron chi connectivity index (χ4n) is 3.19. The maximum Gasteiger partial charge on any atom is 0.166 e. The molecule has 150 valence electrons. The zero-order chi connectivity index (χ0) is 20.8. The summed E-state index contributed by atoms with van der Waals surface area (Å²) in [5.41, 5.74) is 2.42. The predicted molar refractivity (Wildman–Crippen MR) is 110 cm³/mol. The van der Waals surface area contributed by atoms with E-state index in [0.29, 0.717) is 26.7 Å². The number of halogens is 1. The molecule has 28 heavy (non-hydrogen) atoms. The van der Waals surface area contributed by atoms with E-state index < -0.39 is 21.7 Å². The van der Waals surface area contributed by atoms with Gasteiger partial charge in [0.05, 0.1) is 10.7 Å². The van der Waals surface area contributed by atoms with Crippen LogP contribution in [0.4, 0.5) is 10.1 Å². The number of rotatable bonds is 3. The molecule has 1 aromatic heterocycles. The van der Waals surface area contributed by atoms with E-state index in [2.05, 4.69) is 14.7 Å². The monoisotopic (exact) mass is 422 g/mol. The second kappa shape index (κ2) is 7.38. The van der Waals surface area contributed by atoms with E-state index in [0.717, 1.165) is 5.01 Å². The molecule has 6 nitrogen and oxygen atoms in total. The van der Waals surface area contributed by atoms with E-state index in [1.165, 1.54) is 29.5 Å². The van der Waals surface area contributed by atoms with Crippen LogP contribution >= 0.6 is 11.3 Å². The van der Waals surface area contributed by atoms with Crippen LogP contribution in [0.5, 0.6) is 0 Å². The number of allylic oxidation sites excluding steroid dienone is 1. The average molecular weight is 423 g/mol. The molecule has 2 aromatic rings. The highest BCUT2D eigenvalue weighted by molar-refractivity contribution is 7.93. The summed E-state index contributed by atoms with van der Waals surface area (Å²) in [6.45, 7) is 9.10. The Morgan fingerprint density at radius 2 is 2.04 bits per heavy atom. The summed E-state index contributed by atoms with van der Waals surface area (Å²) < 4.78 is 31.8.